The van der Waals surface area contributed by atoms with Crippen LogP contribution in [0, 0.1) is 6.92 Å². The highest BCUT2D eigenvalue weighted by atomic mass is 32.2. The molecule has 0 saturated carbocycles. The van der Waals surface area contributed by atoms with E-state index < -0.39 is 10.0 Å². The van der Waals surface area contributed by atoms with E-state index in [9.17, 15) is 13.2 Å². The Morgan fingerprint density at radius 1 is 1.00 bits per heavy atom. The van der Waals surface area contributed by atoms with Crippen molar-refractivity contribution < 1.29 is 13.2 Å². The molecule has 1 amide bonds. The van der Waals surface area contributed by atoms with Crippen LogP contribution in [0.5, 0.6) is 0 Å². The van der Waals surface area contributed by atoms with Crippen molar-refractivity contribution in [2.45, 2.75) is 37.5 Å². The van der Waals surface area contributed by atoms with E-state index in [0.29, 0.717) is 23.4 Å². The van der Waals surface area contributed by atoms with Gasteiger partial charge in [0.1, 0.15) is 0 Å². The number of carbonyl (C=O) groups excluding carboxylic acids is 1. The number of anilines is 1. The first-order valence-electron chi connectivity index (χ1n) is 10.1. The predicted octanol–water partition coefficient (Wildman–Crippen LogP) is 3.40. The van der Waals surface area contributed by atoms with Crippen LogP contribution in [0.1, 0.15) is 41.6 Å². The van der Waals surface area contributed by atoms with Crippen molar-refractivity contribution in [3.8, 4) is 0 Å². The SMILES string of the molecule is Cc1cc(C(=O)NCCN2CCCCCC2)ccc1NS(=O)(=O)c1ccccc1. The number of benzene rings is 2. The van der Waals surface area contributed by atoms with Crippen LogP contribution in [0.25, 0.3) is 0 Å². The molecule has 29 heavy (non-hydrogen) atoms. The molecule has 0 bridgehead atoms. The van der Waals surface area contributed by atoms with E-state index in [1.807, 2.05) is 0 Å². The molecule has 156 valence electrons. The van der Waals surface area contributed by atoms with Crippen molar-refractivity contribution in [3.05, 3.63) is 59.7 Å². The number of carbonyl (C=O) groups is 1. The van der Waals surface area contributed by atoms with Gasteiger partial charge in [-0.2, -0.15) is 0 Å². The highest BCUT2D eigenvalue weighted by molar-refractivity contribution is 7.92. The zero-order valence-electron chi connectivity index (χ0n) is 16.9. The van der Waals surface area contributed by atoms with Crippen molar-refractivity contribution in [2.24, 2.45) is 0 Å². The lowest BCUT2D eigenvalue weighted by Gasteiger charge is -2.19. The molecule has 1 heterocycles. The van der Waals surface area contributed by atoms with Gasteiger partial charge in [-0.05, 0) is 68.8 Å². The van der Waals surface area contributed by atoms with Crippen LogP contribution >= 0.6 is 0 Å². The average Bonchev–Trinajstić information content (AvgIpc) is 2.99. The van der Waals surface area contributed by atoms with Gasteiger partial charge >= 0.3 is 0 Å². The van der Waals surface area contributed by atoms with Gasteiger partial charge in [0.05, 0.1) is 10.6 Å². The third-order valence-corrected chi connectivity index (χ3v) is 6.58. The van der Waals surface area contributed by atoms with Gasteiger partial charge in [0, 0.05) is 18.7 Å². The second-order valence-electron chi connectivity index (χ2n) is 7.46. The van der Waals surface area contributed by atoms with Gasteiger partial charge in [-0.25, -0.2) is 8.42 Å². The van der Waals surface area contributed by atoms with Crippen LogP contribution in [0.2, 0.25) is 0 Å². The van der Waals surface area contributed by atoms with E-state index in [1.165, 1.54) is 25.7 Å². The summed E-state index contributed by atoms with van der Waals surface area (Å²) >= 11 is 0. The molecular formula is C22H29N3O3S. The summed E-state index contributed by atoms with van der Waals surface area (Å²) in [7, 11) is -3.65. The molecule has 0 spiro atoms. The van der Waals surface area contributed by atoms with Crippen molar-refractivity contribution >= 4 is 21.6 Å². The van der Waals surface area contributed by atoms with Crippen molar-refractivity contribution in [1.29, 1.82) is 0 Å². The normalized spacial score (nSPS) is 15.5. The average molecular weight is 416 g/mol. The minimum atomic E-state index is -3.65. The summed E-state index contributed by atoms with van der Waals surface area (Å²) < 4.78 is 27.6. The fraction of sp³-hybridized carbons (Fsp3) is 0.409. The number of hydrogen-bond donors (Lipinski definition) is 2. The number of likely N-dealkylation sites (tertiary alicyclic amines) is 1. The molecule has 3 rings (SSSR count). The maximum absolute atomic E-state index is 12.5. The summed E-state index contributed by atoms with van der Waals surface area (Å²) in [6.45, 7) is 5.47. The van der Waals surface area contributed by atoms with Crippen LogP contribution in [-0.2, 0) is 10.0 Å². The summed E-state index contributed by atoms with van der Waals surface area (Å²) in [5.41, 5.74) is 1.70. The van der Waals surface area contributed by atoms with Crippen molar-refractivity contribution in [2.75, 3.05) is 30.9 Å². The Hall–Kier alpha value is -2.38. The molecule has 1 saturated heterocycles. The third-order valence-electron chi connectivity index (χ3n) is 5.20. The molecule has 2 N–H and O–H groups in total. The Kier molecular flexibility index (Phi) is 7.28. The van der Waals surface area contributed by atoms with Gasteiger partial charge in [0.2, 0.25) is 0 Å². The van der Waals surface area contributed by atoms with Gasteiger partial charge < -0.3 is 10.2 Å². The van der Waals surface area contributed by atoms with Crippen LogP contribution in [-0.4, -0.2) is 45.4 Å². The van der Waals surface area contributed by atoms with E-state index in [-0.39, 0.29) is 10.8 Å². The lowest BCUT2D eigenvalue weighted by atomic mass is 10.1. The molecule has 7 heteroatoms. The number of aryl methyl sites for hydroxylation is 1. The molecule has 2 aromatic rings. The molecule has 6 nitrogen and oxygen atoms in total. The summed E-state index contributed by atoms with van der Waals surface area (Å²) in [5, 5.41) is 2.97. The highest BCUT2D eigenvalue weighted by Gasteiger charge is 2.16. The van der Waals surface area contributed by atoms with Gasteiger partial charge in [-0.3, -0.25) is 9.52 Å². The smallest absolute Gasteiger partial charge is 0.261 e. The lowest BCUT2D eigenvalue weighted by molar-refractivity contribution is 0.0948. The van der Waals surface area contributed by atoms with Gasteiger partial charge in [0.25, 0.3) is 15.9 Å². The van der Waals surface area contributed by atoms with Crippen LogP contribution in [0.3, 0.4) is 0 Å². The van der Waals surface area contributed by atoms with Crippen LogP contribution < -0.4 is 10.0 Å². The van der Waals surface area contributed by atoms with E-state index in [1.54, 1.807) is 55.5 Å². The summed E-state index contributed by atoms with van der Waals surface area (Å²) in [6.07, 6.45) is 5.05. The number of hydrogen-bond acceptors (Lipinski definition) is 4. The molecule has 1 fully saturated rings. The van der Waals surface area contributed by atoms with Gasteiger partial charge in [-0.15, -0.1) is 0 Å². The molecule has 2 aromatic carbocycles. The number of rotatable bonds is 7. The molecule has 0 atom stereocenters. The zero-order chi connectivity index (χ0) is 20.7. The first kappa shape index (κ1) is 21.3. The molecule has 0 radical (unpaired) electrons. The number of nitrogens with zero attached hydrogens (tertiary/aromatic N) is 1. The Bertz CT molecular complexity index is 922. The van der Waals surface area contributed by atoms with E-state index >= 15 is 0 Å². The monoisotopic (exact) mass is 415 g/mol. The van der Waals surface area contributed by atoms with Crippen LogP contribution in [0.15, 0.2) is 53.4 Å². The predicted molar refractivity (Wildman–Crippen MR) is 116 cm³/mol. The Morgan fingerprint density at radius 2 is 1.69 bits per heavy atom. The first-order chi connectivity index (χ1) is 14.0. The highest BCUT2D eigenvalue weighted by Crippen LogP contribution is 2.21. The Labute approximate surface area is 173 Å². The Balaban J connectivity index is 1.57. The maximum Gasteiger partial charge on any atom is 0.261 e. The largest absolute Gasteiger partial charge is 0.351 e. The topological polar surface area (TPSA) is 78.5 Å². The second-order valence-corrected chi connectivity index (χ2v) is 9.14. The summed E-state index contributed by atoms with van der Waals surface area (Å²) in [4.78, 5) is 15.1. The van der Waals surface area contributed by atoms with Gasteiger partial charge in [0.15, 0.2) is 0 Å². The van der Waals surface area contributed by atoms with Crippen LogP contribution in [0.4, 0.5) is 5.69 Å². The molecular weight excluding hydrogens is 386 g/mol. The summed E-state index contributed by atoms with van der Waals surface area (Å²) in [5.74, 6) is -0.139. The van der Waals surface area contributed by atoms with E-state index in [4.69, 9.17) is 0 Å². The molecule has 0 aromatic heterocycles. The lowest BCUT2D eigenvalue weighted by Crippen LogP contribution is -2.35. The molecule has 1 aliphatic heterocycles. The minimum Gasteiger partial charge on any atom is -0.351 e. The third kappa shape index (κ3) is 6.05. The van der Waals surface area contributed by atoms with Gasteiger partial charge in [-0.1, -0.05) is 31.0 Å². The maximum atomic E-state index is 12.5. The van der Waals surface area contributed by atoms with Crippen molar-refractivity contribution in [3.63, 3.8) is 0 Å². The Morgan fingerprint density at radius 3 is 2.34 bits per heavy atom. The van der Waals surface area contributed by atoms with E-state index in [2.05, 4.69) is 14.9 Å². The number of amides is 1. The molecule has 0 unspecified atom stereocenters. The molecule has 0 aliphatic carbocycles. The number of sulfonamides is 1. The summed E-state index contributed by atoms with van der Waals surface area (Å²) in [6, 6.07) is 13.2. The van der Waals surface area contributed by atoms with Crippen molar-refractivity contribution in [1.82, 2.24) is 10.2 Å². The van der Waals surface area contributed by atoms with E-state index in [0.717, 1.165) is 19.6 Å². The second kappa shape index (κ2) is 9.89. The minimum absolute atomic E-state index is 0.139. The number of nitrogens with one attached hydrogen (secondary N) is 2. The molecule has 1 aliphatic rings. The zero-order valence-corrected chi connectivity index (χ0v) is 17.7. The first-order valence-corrected chi connectivity index (χ1v) is 11.6. The fourth-order valence-corrected chi connectivity index (χ4v) is 4.66. The standard InChI is InChI=1S/C22H29N3O3S/c1-18-17-19(22(26)23-13-16-25-14-7-2-3-8-15-25)11-12-21(18)24-29(27,28)20-9-5-4-6-10-20/h4-6,9-12,17,24H,2-3,7-8,13-16H2,1H3,(H,23,26). The quantitative estimate of drug-likeness (QED) is 0.726. The fourth-order valence-electron chi connectivity index (χ4n) is 3.51.